The Bertz CT molecular complexity index is 565. The van der Waals surface area contributed by atoms with E-state index < -0.39 is 5.97 Å². The second-order valence-electron chi connectivity index (χ2n) is 3.44. The summed E-state index contributed by atoms with van der Waals surface area (Å²) in [4.78, 5) is 15.8. The van der Waals surface area contributed by atoms with Crippen LogP contribution < -0.4 is 0 Å². The van der Waals surface area contributed by atoms with E-state index in [0.29, 0.717) is 12.3 Å². The lowest BCUT2D eigenvalue weighted by molar-refractivity contribution is 0.0525. The number of hydrogen-bond donors (Lipinski definition) is 0. The molecule has 2 rings (SSSR count). The zero-order chi connectivity index (χ0) is 12.4. The molecule has 0 bridgehead atoms. The monoisotopic (exact) mass is 253 g/mol. The Morgan fingerprint density at radius 1 is 1.47 bits per heavy atom. The predicted octanol–water partition coefficient (Wildman–Crippen LogP) is 2.12. The molecule has 90 valence electrons. The molecule has 0 N–H and O–H groups in total. The molecule has 6 heteroatoms. The molecule has 2 aromatic rings. The third kappa shape index (κ3) is 1.98. The first kappa shape index (κ1) is 11.9. The number of rotatable bonds is 3. The van der Waals surface area contributed by atoms with Crippen molar-refractivity contribution in [3.05, 3.63) is 28.7 Å². The summed E-state index contributed by atoms with van der Waals surface area (Å²) in [6.45, 7) is 4.04. The van der Waals surface area contributed by atoms with Gasteiger partial charge < -0.3 is 4.74 Å². The fourth-order valence-corrected chi connectivity index (χ4v) is 1.80. The molecule has 17 heavy (non-hydrogen) atoms. The van der Waals surface area contributed by atoms with Gasteiger partial charge in [-0.1, -0.05) is 18.5 Å². The van der Waals surface area contributed by atoms with Gasteiger partial charge in [0.15, 0.2) is 5.65 Å². The number of halogens is 1. The van der Waals surface area contributed by atoms with Crippen LogP contribution in [0.3, 0.4) is 0 Å². The number of nitrogens with zero attached hydrogens (tertiary/aromatic N) is 3. The maximum Gasteiger partial charge on any atom is 0.342 e. The molecular weight excluding hydrogens is 242 g/mol. The van der Waals surface area contributed by atoms with E-state index in [1.807, 2.05) is 6.92 Å². The third-order valence-corrected chi connectivity index (χ3v) is 2.78. The highest BCUT2D eigenvalue weighted by atomic mass is 35.5. The molecule has 0 saturated carbocycles. The van der Waals surface area contributed by atoms with Crippen molar-refractivity contribution in [1.29, 1.82) is 0 Å². The van der Waals surface area contributed by atoms with Crippen LogP contribution >= 0.6 is 11.6 Å². The molecule has 0 aromatic carbocycles. The van der Waals surface area contributed by atoms with E-state index in [-0.39, 0.29) is 10.7 Å². The van der Waals surface area contributed by atoms with Crippen molar-refractivity contribution in [2.75, 3.05) is 6.61 Å². The fourth-order valence-electron chi connectivity index (χ4n) is 1.55. The highest BCUT2D eigenvalue weighted by Gasteiger charge is 2.17. The van der Waals surface area contributed by atoms with Crippen LogP contribution in [-0.4, -0.2) is 27.2 Å². The molecule has 0 radical (unpaired) electrons. The van der Waals surface area contributed by atoms with E-state index >= 15 is 0 Å². The Morgan fingerprint density at radius 3 is 2.88 bits per heavy atom. The number of aryl methyl sites for hydroxylation is 1. The molecule has 0 aliphatic rings. The van der Waals surface area contributed by atoms with Crippen LogP contribution in [0.25, 0.3) is 5.65 Å². The number of ether oxygens (including phenoxy) is 1. The molecule has 0 aliphatic heterocycles. The van der Waals surface area contributed by atoms with Crippen LogP contribution in [0.1, 0.15) is 29.8 Å². The normalized spacial score (nSPS) is 10.8. The number of carbonyl (C=O) groups excluding carboxylic acids is 1. The van der Waals surface area contributed by atoms with Crippen molar-refractivity contribution in [2.24, 2.45) is 0 Å². The zero-order valence-electron chi connectivity index (χ0n) is 9.61. The van der Waals surface area contributed by atoms with Gasteiger partial charge in [-0.15, -0.1) is 0 Å². The summed E-state index contributed by atoms with van der Waals surface area (Å²) in [5.41, 5.74) is 1.89. The van der Waals surface area contributed by atoms with Crippen molar-refractivity contribution in [3.63, 3.8) is 0 Å². The lowest BCUT2D eigenvalue weighted by Gasteiger charge is -2.05. The summed E-state index contributed by atoms with van der Waals surface area (Å²) in [6, 6.07) is 0. The zero-order valence-corrected chi connectivity index (χ0v) is 10.4. The number of esters is 1. The minimum Gasteiger partial charge on any atom is -0.462 e. The van der Waals surface area contributed by atoms with Gasteiger partial charge in [0.1, 0.15) is 10.7 Å². The highest BCUT2D eigenvalue weighted by molar-refractivity contribution is 6.32. The molecule has 2 heterocycles. The Hall–Kier alpha value is -1.62. The van der Waals surface area contributed by atoms with Crippen LogP contribution in [0.2, 0.25) is 5.15 Å². The van der Waals surface area contributed by atoms with Crippen LogP contribution in [-0.2, 0) is 11.2 Å². The molecule has 0 amide bonds. The van der Waals surface area contributed by atoms with Gasteiger partial charge in [-0.2, -0.15) is 5.10 Å². The van der Waals surface area contributed by atoms with Crippen molar-refractivity contribution in [2.45, 2.75) is 20.3 Å². The van der Waals surface area contributed by atoms with Gasteiger partial charge in [-0.05, 0) is 13.3 Å². The smallest absolute Gasteiger partial charge is 0.342 e. The second-order valence-corrected chi connectivity index (χ2v) is 3.80. The number of hydrogen-bond acceptors (Lipinski definition) is 4. The van der Waals surface area contributed by atoms with Crippen LogP contribution in [0, 0.1) is 0 Å². The van der Waals surface area contributed by atoms with Crippen LogP contribution in [0.4, 0.5) is 0 Å². The summed E-state index contributed by atoms with van der Waals surface area (Å²) in [5.74, 6) is -0.486. The SMILES string of the molecule is CCOC(=O)c1cnc2c(CC)cnn2c1Cl. The van der Waals surface area contributed by atoms with Gasteiger partial charge in [0.05, 0.1) is 12.8 Å². The largest absolute Gasteiger partial charge is 0.462 e. The predicted molar refractivity (Wildman–Crippen MR) is 63.3 cm³/mol. The number of fused-ring (bicyclic) bond motifs is 1. The summed E-state index contributed by atoms with van der Waals surface area (Å²) in [7, 11) is 0. The van der Waals surface area contributed by atoms with E-state index in [1.54, 1.807) is 13.1 Å². The molecule has 2 aromatic heterocycles. The Kier molecular flexibility index (Phi) is 3.28. The minimum atomic E-state index is -0.486. The second kappa shape index (κ2) is 4.71. The standard InChI is InChI=1S/C11H12ClN3O2/c1-3-7-5-14-15-9(12)8(6-13-10(7)15)11(16)17-4-2/h5-6H,3-4H2,1-2H3. The van der Waals surface area contributed by atoms with Gasteiger partial charge in [-0.25, -0.2) is 14.3 Å². The average Bonchev–Trinajstić information content (AvgIpc) is 2.73. The first-order chi connectivity index (χ1) is 8.19. The molecule has 0 fully saturated rings. The molecule has 0 aliphatic carbocycles. The summed E-state index contributed by atoms with van der Waals surface area (Å²) >= 11 is 6.10. The van der Waals surface area contributed by atoms with Gasteiger partial charge >= 0.3 is 5.97 Å². The fraction of sp³-hybridized carbons (Fsp3) is 0.364. The van der Waals surface area contributed by atoms with Crippen molar-refractivity contribution in [1.82, 2.24) is 14.6 Å². The lowest BCUT2D eigenvalue weighted by atomic mass is 10.2. The van der Waals surface area contributed by atoms with E-state index in [0.717, 1.165) is 12.0 Å². The molecule has 0 saturated heterocycles. The average molecular weight is 254 g/mol. The Morgan fingerprint density at radius 2 is 2.24 bits per heavy atom. The van der Waals surface area contributed by atoms with Gasteiger partial charge in [0, 0.05) is 11.8 Å². The van der Waals surface area contributed by atoms with Gasteiger partial charge in [0.25, 0.3) is 0 Å². The summed E-state index contributed by atoms with van der Waals surface area (Å²) in [5, 5.41) is 4.34. The Balaban J connectivity index is 2.54. The minimum absolute atomic E-state index is 0.228. The first-order valence-electron chi connectivity index (χ1n) is 5.37. The Labute approximate surface area is 103 Å². The lowest BCUT2D eigenvalue weighted by Crippen LogP contribution is -2.09. The quantitative estimate of drug-likeness (QED) is 0.621. The van der Waals surface area contributed by atoms with E-state index in [2.05, 4.69) is 10.1 Å². The number of carbonyl (C=O) groups is 1. The van der Waals surface area contributed by atoms with Gasteiger partial charge in [-0.3, -0.25) is 0 Å². The maximum atomic E-state index is 11.6. The van der Waals surface area contributed by atoms with E-state index in [1.165, 1.54) is 10.7 Å². The third-order valence-electron chi connectivity index (χ3n) is 2.42. The van der Waals surface area contributed by atoms with E-state index in [4.69, 9.17) is 16.3 Å². The van der Waals surface area contributed by atoms with Crippen molar-refractivity contribution < 1.29 is 9.53 Å². The highest BCUT2D eigenvalue weighted by Crippen LogP contribution is 2.19. The summed E-state index contributed by atoms with van der Waals surface area (Å²) in [6.07, 6.45) is 3.94. The molecule has 0 unspecified atom stereocenters. The molecular formula is C11H12ClN3O2. The van der Waals surface area contributed by atoms with Crippen LogP contribution in [0.5, 0.6) is 0 Å². The van der Waals surface area contributed by atoms with Crippen molar-refractivity contribution in [3.8, 4) is 0 Å². The maximum absolute atomic E-state index is 11.6. The number of aromatic nitrogens is 3. The van der Waals surface area contributed by atoms with Crippen molar-refractivity contribution >= 4 is 23.2 Å². The van der Waals surface area contributed by atoms with E-state index in [9.17, 15) is 4.79 Å². The van der Waals surface area contributed by atoms with Crippen LogP contribution in [0.15, 0.2) is 12.4 Å². The summed E-state index contributed by atoms with van der Waals surface area (Å²) < 4.78 is 6.34. The molecule has 5 nitrogen and oxygen atoms in total. The molecule has 0 spiro atoms. The first-order valence-corrected chi connectivity index (χ1v) is 5.75. The molecule has 0 atom stereocenters. The van der Waals surface area contributed by atoms with Gasteiger partial charge in [0.2, 0.25) is 0 Å². The topological polar surface area (TPSA) is 56.5 Å².